The molecule has 3 aliphatic carbocycles. The summed E-state index contributed by atoms with van der Waals surface area (Å²) in [6.45, 7) is 0.252. The lowest BCUT2D eigenvalue weighted by Gasteiger charge is -2.37. The van der Waals surface area contributed by atoms with Crippen molar-refractivity contribution in [2.45, 2.75) is 19.4 Å². The fourth-order valence-electron chi connectivity index (χ4n) is 4.81. The molecule has 2 aromatic rings. The van der Waals surface area contributed by atoms with Crippen molar-refractivity contribution >= 4 is 41.2 Å². The maximum Gasteiger partial charge on any atom is 0.254 e. The third-order valence-electron chi connectivity index (χ3n) is 6.37. The molecule has 2 aromatic carbocycles. The average Bonchev–Trinajstić information content (AvgIpc) is 3.05. The van der Waals surface area contributed by atoms with Gasteiger partial charge in [-0.1, -0.05) is 53.6 Å². The number of rotatable bonds is 5. The van der Waals surface area contributed by atoms with Gasteiger partial charge in [0.2, 0.25) is 0 Å². The van der Waals surface area contributed by atoms with E-state index in [0.717, 1.165) is 23.4 Å². The zero-order valence-electron chi connectivity index (χ0n) is 16.6. The molecule has 5 nitrogen and oxygen atoms in total. The molecule has 4 aliphatic rings. The van der Waals surface area contributed by atoms with Crippen LogP contribution in [0.25, 0.3) is 0 Å². The number of hydrogen-bond donors (Lipinski definition) is 0. The number of hydrogen-bond acceptors (Lipinski definition) is 4. The molecule has 4 atom stereocenters. The molecule has 1 saturated carbocycles. The lowest BCUT2D eigenvalue weighted by molar-refractivity contribution is -0.140. The van der Waals surface area contributed by atoms with Crippen molar-refractivity contribution < 1.29 is 14.3 Å². The average molecular weight is 455 g/mol. The maximum atomic E-state index is 12.9. The monoisotopic (exact) mass is 454 g/mol. The number of para-hydroxylation sites is 1. The predicted molar refractivity (Wildman–Crippen MR) is 119 cm³/mol. The summed E-state index contributed by atoms with van der Waals surface area (Å²) < 4.78 is 5.93. The summed E-state index contributed by atoms with van der Waals surface area (Å²) >= 11 is 12.2. The van der Waals surface area contributed by atoms with Crippen LogP contribution >= 0.6 is 23.2 Å². The van der Waals surface area contributed by atoms with Crippen molar-refractivity contribution in [1.82, 2.24) is 5.01 Å². The van der Waals surface area contributed by atoms with E-state index in [-0.39, 0.29) is 42.1 Å². The van der Waals surface area contributed by atoms with E-state index in [1.165, 1.54) is 6.21 Å². The third-order valence-corrected chi connectivity index (χ3v) is 6.95. The minimum atomic E-state index is -0.271. The van der Waals surface area contributed by atoms with Crippen LogP contribution in [0.5, 0.6) is 5.75 Å². The highest BCUT2D eigenvalue weighted by molar-refractivity contribution is 6.35. The summed E-state index contributed by atoms with van der Waals surface area (Å²) in [6.07, 6.45) is 7.63. The van der Waals surface area contributed by atoms with Crippen LogP contribution in [-0.2, 0) is 16.2 Å². The van der Waals surface area contributed by atoms with Gasteiger partial charge in [-0.25, -0.2) is 0 Å². The van der Waals surface area contributed by atoms with Crippen LogP contribution in [0.3, 0.4) is 0 Å². The fraction of sp³-hybridized carbons (Fsp3) is 0.292. The zero-order chi connectivity index (χ0) is 21.5. The normalized spacial score (nSPS) is 26.7. The Morgan fingerprint density at radius 3 is 2.32 bits per heavy atom. The Labute approximate surface area is 190 Å². The first-order valence-corrected chi connectivity index (χ1v) is 11.0. The summed E-state index contributed by atoms with van der Waals surface area (Å²) in [5.41, 5.74) is 1.47. The van der Waals surface area contributed by atoms with Gasteiger partial charge in [0, 0.05) is 21.2 Å². The van der Waals surface area contributed by atoms with Gasteiger partial charge in [0.1, 0.15) is 12.4 Å². The van der Waals surface area contributed by atoms with Crippen molar-refractivity contribution in [3.63, 3.8) is 0 Å². The molecule has 1 heterocycles. The molecule has 0 radical (unpaired) electrons. The molecule has 0 N–H and O–H groups in total. The molecule has 6 rings (SSSR count). The van der Waals surface area contributed by atoms with Gasteiger partial charge in [-0.3, -0.25) is 9.59 Å². The smallest absolute Gasteiger partial charge is 0.254 e. The van der Waals surface area contributed by atoms with Crippen molar-refractivity contribution in [2.75, 3.05) is 0 Å². The largest absolute Gasteiger partial charge is 0.488 e. The van der Waals surface area contributed by atoms with Crippen LogP contribution in [-0.4, -0.2) is 23.0 Å². The maximum absolute atomic E-state index is 12.9. The number of ether oxygens (including phenoxy) is 1. The molecule has 7 heteroatoms. The van der Waals surface area contributed by atoms with Crippen molar-refractivity contribution in [3.05, 3.63) is 75.8 Å². The number of halogens is 2. The number of carbonyl (C=O) groups excluding carboxylic acids is 2. The van der Waals surface area contributed by atoms with Crippen molar-refractivity contribution in [3.8, 4) is 5.75 Å². The molecule has 2 fully saturated rings. The number of fused-ring (bicyclic) bond motifs is 1. The summed E-state index contributed by atoms with van der Waals surface area (Å²) in [5.74, 6) is -0.0690. The second-order valence-electron chi connectivity index (χ2n) is 8.14. The minimum Gasteiger partial charge on any atom is -0.488 e. The highest BCUT2D eigenvalue weighted by Crippen LogP contribution is 2.49. The van der Waals surface area contributed by atoms with Crippen LogP contribution in [0.2, 0.25) is 10.0 Å². The van der Waals surface area contributed by atoms with Crippen molar-refractivity contribution in [2.24, 2.45) is 28.8 Å². The van der Waals surface area contributed by atoms with Crippen LogP contribution < -0.4 is 4.74 Å². The first-order valence-electron chi connectivity index (χ1n) is 10.3. The lowest BCUT2D eigenvalue weighted by atomic mass is 9.63. The number of carbonyl (C=O) groups is 2. The van der Waals surface area contributed by atoms with Gasteiger partial charge in [-0.15, -0.1) is 0 Å². The first-order chi connectivity index (χ1) is 15.0. The van der Waals surface area contributed by atoms with Crippen LogP contribution in [0.15, 0.2) is 59.7 Å². The second-order valence-corrected chi connectivity index (χ2v) is 8.98. The minimum absolute atomic E-state index is 0.145. The van der Waals surface area contributed by atoms with Crippen molar-refractivity contribution in [1.29, 1.82) is 0 Å². The standard InChI is InChI=1S/C24H20Cl2N2O3/c25-18-10-9-17(19(26)11-18)13-31-20-4-2-1-3-16(20)12-27-28-23(29)21-14-5-6-15(8-7-14)22(21)24(28)30/h1-6,9-12,14-15,21-22H,7-8,13H2/b27-12-/t14-,15-,21-,22-/m0/s1. The Morgan fingerprint density at radius 2 is 1.68 bits per heavy atom. The predicted octanol–water partition coefficient (Wildman–Crippen LogP) is 5.10. The molecule has 158 valence electrons. The van der Waals surface area contributed by atoms with Crippen LogP contribution in [0.4, 0.5) is 0 Å². The fourth-order valence-corrected chi connectivity index (χ4v) is 5.27. The van der Waals surface area contributed by atoms with Gasteiger partial charge >= 0.3 is 0 Å². The quantitative estimate of drug-likeness (QED) is 0.358. The lowest BCUT2D eigenvalue weighted by Crippen LogP contribution is -2.38. The number of amides is 2. The summed E-state index contributed by atoms with van der Waals surface area (Å²) in [6, 6.07) is 12.6. The van der Waals surface area contributed by atoms with E-state index >= 15 is 0 Å². The van der Waals surface area contributed by atoms with Gasteiger partial charge < -0.3 is 4.74 Å². The summed E-state index contributed by atoms with van der Waals surface area (Å²) in [7, 11) is 0. The van der Waals surface area contributed by atoms with Gasteiger partial charge in [-0.05, 0) is 48.9 Å². The van der Waals surface area contributed by atoms with Gasteiger partial charge in [0.15, 0.2) is 0 Å². The Hall–Kier alpha value is -2.63. The molecule has 0 unspecified atom stereocenters. The number of imide groups is 1. The van der Waals surface area contributed by atoms with Crippen LogP contribution in [0, 0.1) is 23.7 Å². The number of allylic oxidation sites excluding steroid dienone is 2. The Balaban J connectivity index is 1.34. The number of benzene rings is 2. The van der Waals surface area contributed by atoms with E-state index in [2.05, 4.69) is 17.3 Å². The highest BCUT2D eigenvalue weighted by Gasteiger charge is 2.56. The highest BCUT2D eigenvalue weighted by atomic mass is 35.5. The van der Waals surface area contributed by atoms with E-state index in [1.807, 2.05) is 30.3 Å². The zero-order valence-corrected chi connectivity index (χ0v) is 18.1. The third kappa shape index (κ3) is 3.66. The molecular formula is C24H20Cl2N2O3. The molecule has 1 aliphatic heterocycles. The molecule has 0 spiro atoms. The number of hydrazone groups is 1. The SMILES string of the molecule is O=C1[C@@H]2[C@@H](C(=O)N1/N=C\c1ccccc1OCc1ccc(Cl)cc1Cl)[C@H]1C=C[C@H]2CC1. The van der Waals surface area contributed by atoms with Gasteiger partial charge in [0.25, 0.3) is 11.8 Å². The molecular weight excluding hydrogens is 435 g/mol. The molecule has 2 bridgehead atoms. The summed E-state index contributed by atoms with van der Waals surface area (Å²) in [5, 5.41) is 6.42. The Morgan fingerprint density at radius 1 is 1.00 bits per heavy atom. The van der Waals surface area contributed by atoms with E-state index < -0.39 is 0 Å². The molecule has 31 heavy (non-hydrogen) atoms. The number of nitrogens with zero attached hydrogens (tertiary/aromatic N) is 2. The summed E-state index contributed by atoms with van der Waals surface area (Å²) in [4.78, 5) is 25.8. The molecule has 0 aromatic heterocycles. The van der Waals surface area contributed by atoms with E-state index in [9.17, 15) is 9.59 Å². The van der Waals surface area contributed by atoms with E-state index in [1.54, 1.807) is 12.1 Å². The van der Waals surface area contributed by atoms with Gasteiger partial charge in [-0.2, -0.15) is 10.1 Å². The Bertz CT molecular complexity index is 1080. The molecule has 1 saturated heterocycles. The first kappa shape index (κ1) is 20.3. The second kappa shape index (κ2) is 8.13. The van der Waals surface area contributed by atoms with Crippen LogP contribution in [0.1, 0.15) is 24.0 Å². The van der Waals surface area contributed by atoms with Gasteiger partial charge in [0.05, 0.1) is 18.1 Å². The van der Waals surface area contributed by atoms with E-state index in [4.69, 9.17) is 27.9 Å². The topological polar surface area (TPSA) is 59.0 Å². The molecule has 2 amide bonds. The Kier molecular flexibility index (Phi) is 5.32. The van der Waals surface area contributed by atoms with E-state index in [0.29, 0.717) is 21.4 Å².